The second-order valence-electron chi connectivity index (χ2n) is 8.00. The number of amides is 1. The maximum Gasteiger partial charge on any atom is 0.290 e. The van der Waals surface area contributed by atoms with Crippen LogP contribution in [0.2, 0.25) is 0 Å². The van der Waals surface area contributed by atoms with Crippen molar-refractivity contribution < 1.29 is 24.2 Å². The van der Waals surface area contributed by atoms with E-state index in [4.69, 9.17) is 9.47 Å². The minimum Gasteiger partial charge on any atom is -0.503 e. The molecule has 2 aliphatic rings. The second kappa shape index (κ2) is 10.5. The Morgan fingerprint density at radius 3 is 2.45 bits per heavy atom. The lowest BCUT2D eigenvalue weighted by molar-refractivity contribution is -0.129. The maximum atomic E-state index is 13.2. The molecule has 0 saturated carbocycles. The molecule has 2 aromatic rings. The van der Waals surface area contributed by atoms with Crippen LogP contribution in [-0.4, -0.2) is 73.1 Å². The van der Waals surface area contributed by atoms with Gasteiger partial charge in [0, 0.05) is 26.2 Å². The van der Waals surface area contributed by atoms with Crippen molar-refractivity contribution in [2.24, 2.45) is 0 Å². The Morgan fingerprint density at radius 2 is 1.79 bits per heavy atom. The first-order chi connectivity index (χ1) is 16.1. The molecule has 0 aliphatic carbocycles. The van der Waals surface area contributed by atoms with E-state index in [2.05, 4.69) is 4.90 Å². The Kier molecular flexibility index (Phi) is 7.22. The molecule has 2 heterocycles. The number of carbonyl (C=O) groups is 2. The summed E-state index contributed by atoms with van der Waals surface area (Å²) in [5.74, 6) is -0.728. The number of methoxy groups -OCH3 is 1. The number of ether oxygens (including phenoxy) is 2. The topological polar surface area (TPSA) is 79.3 Å². The molecule has 4 rings (SSSR count). The van der Waals surface area contributed by atoms with Crippen molar-refractivity contribution in [1.29, 1.82) is 0 Å². The van der Waals surface area contributed by atoms with Crippen LogP contribution in [-0.2, 0) is 14.3 Å². The molecule has 2 aliphatic heterocycles. The third-order valence-electron chi connectivity index (χ3n) is 5.99. The highest BCUT2D eigenvalue weighted by molar-refractivity contribution is 6.14. The van der Waals surface area contributed by atoms with Gasteiger partial charge in [0.25, 0.3) is 5.91 Å². The Balaban J connectivity index is 1.62. The molecule has 2 aromatic carbocycles. The van der Waals surface area contributed by atoms with Crippen LogP contribution in [0.1, 0.15) is 17.2 Å². The average Bonchev–Trinajstić information content (AvgIpc) is 3.12. The summed E-state index contributed by atoms with van der Waals surface area (Å²) in [5.41, 5.74) is 1.70. The molecule has 1 N–H and O–H groups in total. The van der Waals surface area contributed by atoms with Crippen molar-refractivity contribution in [2.45, 2.75) is 6.04 Å². The molecule has 1 fully saturated rings. The van der Waals surface area contributed by atoms with Crippen LogP contribution in [0.15, 0.2) is 72.0 Å². The van der Waals surface area contributed by atoms with Crippen molar-refractivity contribution in [3.63, 3.8) is 0 Å². The first-order valence-corrected chi connectivity index (χ1v) is 11.0. The lowest BCUT2D eigenvalue weighted by Gasteiger charge is -2.31. The molecular formula is C26H28N2O5. The number of rotatable bonds is 8. The molecule has 1 unspecified atom stereocenters. The Labute approximate surface area is 193 Å². The van der Waals surface area contributed by atoms with E-state index in [0.29, 0.717) is 32.1 Å². The van der Waals surface area contributed by atoms with E-state index < -0.39 is 17.7 Å². The summed E-state index contributed by atoms with van der Waals surface area (Å²) in [7, 11) is 1.58. The number of hydrogen-bond acceptors (Lipinski definition) is 6. The van der Waals surface area contributed by atoms with Crippen molar-refractivity contribution >= 4 is 17.8 Å². The van der Waals surface area contributed by atoms with Crippen molar-refractivity contribution in [3.05, 3.63) is 83.1 Å². The van der Waals surface area contributed by atoms with Crippen LogP contribution in [0.5, 0.6) is 5.75 Å². The zero-order valence-corrected chi connectivity index (χ0v) is 18.6. The number of aliphatic hydroxyl groups excluding tert-OH is 1. The molecule has 0 aromatic heterocycles. The molecule has 7 heteroatoms. The van der Waals surface area contributed by atoms with Gasteiger partial charge in [0.2, 0.25) is 0 Å². The largest absolute Gasteiger partial charge is 0.503 e. The zero-order chi connectivity index (χ0) is 23.2. The van der Waals surface area contributed by atoms with E-state index in [1.165, 1.54) is 6.08 Å². The lowest BCUT2D eigenvalue weighted by Crippen LogP contribution is -2.43. The SMILES string of the molecule is COc1ccc(C2C(C(=O)C=Cc3ccccc3)=C(O)C(=O)N2CCN2CCOCC2)cc1. The normalized spacial score (nSPS) is 19.5. The fourth-order valence-electron chi connectivity index (χ4n) is 4.17. The summed E-state index contributed by atoms with van der Waals surface area (Å²) in [4.78, 5) is 30.0. The van der Waals surface area contributed by atoms with Crippen molar-refractivity contribution in [2.75, 3.05) is 46.5 Å². The summed E-state index contributed by atoms with van der Waals surface area (Å²) in [5, 5.41) is 10.7. The van der Waals surface area contributed by atoms with Gasteiger partial charge in [-0.2, -0.15) is 0 Å². The van der Waals surface area contributed by atoms with Crippen LogP contribution in [0.3, 0.4) is 0 Å². The Hall–Kier alpha value is -3.42. The maximum absolute atomic E-state index is 13.2. The standard InChI is InChI=1S/C26H28N2O5/c1-32-21-10-8-20(9-11-21)24-23(22(29)12-7-19-5-3-2-4-6-19)25(30)26(31)28(24)14-13-27-15-17-33-18-16-27/h2-12,24,30H,13-18H2,1H3. The van der Waals surface area contributed by atoms with E-state index in [1.807, 2.05) is 42.5 Å². The van der Waals surface area contributed by atoms with Crippen LogP contribution in [0, 0.1) is 0 Å². The highest BCUT2D eigenvalue weighted by atomic mass is 16.5. The number of benzene rings is 2. The molecular weight excluding hydrogens is 420 g/mol. The zero-order valence-electron chi connectivity index (χ0n) is 18.6. The van der Waals surface area contributed by atoms with Gasteiger partial charge in [-0.15, -0.1) is 0 Å². The first-order valence-electron chi connectivity index (χ1n) is 11.0. The third kappa shape index (κ3) is 5.16. The second-order valence-corrected chi connectivity index (χ2v) is 8.00. The summed E-state index contributed by atoms with van der Waals surface area (Å²) < 4.78 is 10.7. The quantitative estimate of drug-likeness (QED) is 0.626. The number of carbonyl (C=O) groups excluding carboxylic acids is 2. The summed E-state index contributed by atoms with van der Waals surface area (Å²) in [6.45, 7) is 3.93. The van der Waals surface area contributed by atoms with E-state index >= 15 is 0 Å². The summed E-state index contributed by atoms with van der Waals surface area (Å²) in [6, 6.07) is 16.0. The average molecular weight is 449 g/mol. The van der Waals surface area contributed by atoms with Gasteiger partial charge in [0.05, 0.1) is 31.9 Å². The first kappa shape index (κ1) is 22.8. The molecule has 0 spiro atoms. The summed E-state index contributed by atoms with van der Waals surface area (Å²) in [6.07, 6.45) is 3.10. The lowest BCUT2D eigenvalue weighted by atomic mass is 9.95. The number of hydrogen-bond donors (Lipinski definition) is 1. The van der Waals surface area contributed by atoms with Gasteiger partial charge in [0.1, 0.15) is 5.75 Å². The molecule has 33 heavy (non-hydrogen) atoms. The van der Waals surface area contributed by atoms with E-state index in [0.717, 1.165) is 24.2 Å². The smallest absolute Gasteiger partial charge is 0.290 e. The molecule has 172 valence electrons. The van der Waals surface area contributed by atoms with E-state index in [1.54, 1.807) is 30.2 Å². The van der Waals surface area contributed by atoms with E-state index in [9.17, 15) is 14.7 Å². The van der Waals surface area contributed by atoms with Gasteiger partial charge >= 0.3 is 0 Å². The Morgan fingerprint density at radius 1 is 1.09 bits per heavy atom. The van der Waals surface area contributed by atoms with Crippen LogP contribution in [0.25, 0.3) is 6.08 Å². The van der Waals surface area contributed by atoms with Crippen LogP contribution < -0.4 is 4.74 Å². The minimum atomic E-state index is -0.669. The van der Waals surface area contributed by atoms with E-state index in [-0.39, 0.29) is 11.4 Å². The van der Waals surface area contributed by atoms with Crippen molar-refractivity contribution in [1.82, 2.24) is 9.80 Å². The molecule has 7 nitrogen and oxygen atoms in total. The van der Waals surface area contributed by atoms with Gasteiger partial charge in [-0.3, -0.25) is 14.5 Å². The highest BCUT2D eigenvalue weighted by Crippen LogP contribution is 2.38. The van der Waals surface area contributed by atoms with Gasteiger partial charge in [-0.1, -0.05) is 48.5 Å². The minimum absolute atomic E-state index is 0.0966. The molecule has 1 atom stereocenters. The van der Waals surface area contributed by atoms with Gasteiger partial charge < -0.3 is 19.5 Å². The molecule has 0 radical (unpaired) electrons. The third-order valence-corrected chi connectivity index (χ3v) is 5.99. The fourth-order valence-corrected chi connectivity index (χ4v) is 4.17. The predicted molar refractivity (Wildman–Crippen MR) is 125 cm³/mol. The number of morpholine rings is 1. The van der Waals surface area contributed by atoms with Crippen LogP contribution >= 0.6 is 0 Å². The van der Waals surface area contributed by atoms with Crippen LogP contribution in [0.4, 0.5) is 0 Å². The number of allylic oxidation sites excluding steroid dienone is 1. The van der Waals surface area contributed by atoms with Gasteiger partial charge in [0.15, 0.2) is 11.5 Å². The molecule has 0 bridgehead atoms. The number of ketones is 1. The van der Waals surface area contributed by atoms with Gasteiger partial charge in [-0.25, -0.2) is 0 Å². The number of aliphatic hydroxyl groups is 1. The fraction of sp³-hybridized carbons (Fsp3) is 0.308. The van der Waals surface area contributed by atoms with Gasteiger partial charge in [-0.05, 0) is 29.3 Å². The highest BCUT2D eigenvalue weighted by Gasteiger charge is 2.42. The Bertz CT molecular complexity index is 1040. The van der Waals surface area contributed by atoms with Crippen molar-refractivity contribution in [3.8, 4) is 5.75 Å². The molecule has 1 amide bonds. The monoisotopic (exact) mass is 448 g/mol. The molecule has 1 saturated heterocycles. The predicted octanol–water partition coefficient (Wildman–Crippen LogP) is 3.01. The summed E-state index contributed by atoms with van der Waals surface area (Å²) >= 11 is 0. The number of nitrogens with zero attached hydrogens (tertiary/aromatic N) is 2.